The summed E-state index contributed by atoms with van der Waals surface area (Å²) in [5.41, 5.74) is 1.98. The van der Waals surface area contributed by atoms with E-state index in [1.54, 1.807) is 29.2 Å². The second-order valence-corrected chi connectivity index (χ2v) is 6.41. The van der Waals surface area contributed by atoms with E-state index < -0.39 is 30.7 Å². The number of aromatic nitrogens is 2. The van der Waals surface area contributed by atoms with Crippen LogP contribution in [0.4, 0.5) is 28.9 Å². The molecular weight excluding hydrogens is 434 g/mol. The lowest BCUT2D eigenvalue weighted by Gasteiger charge is -2.26. The molecule has 1 aromatic heterocycles. The minimum absolute atomic E-state index is 0.148. The van der Waals surface area contributed by atoms with E-state index in [0.717, 1.165) is 12.1 Å². The van der Waals surface area contributed by atoms with Crippen LogP contribution in [0.25, 0.3) is 0 Å². The Labute approximate surface area is 179 Å². The van der Waals surface area contributed by atoms with Crippen LogP contribution < -0.4 is 14.4 Å². The van der Waals surface area contributed by atoms with Crippen LogP contribution in [0.5, 0.6) is 11.5 Å². The van der Waals surface area contributed by atoms with Gasteiger partial charge in [-0.1, -0.05) is 12.1 Å². The SMILES string of the molecule is O=C(O)Cc1ccc(N(Cc2cnccn2)c2ccc(OC(F)F)c(OC(F)F)c2)cc1. The lowest BCUT2D eigenvalue weighted by molar-refractivity contribution is -0.136. The Balaban J connectivity index is 2.01. The van der Waals surface area contributed by atoms with Crippen molar-refractivity contribution in [2.45, 2.75) is 26.2 Å². The number of anilines is 2. The normalized spacial score (nSPS) is 10.9. The summed E-state index contributed by atoms with van der Waals surface area (Å²) in [6.07, 6.45) is 4.31. The van der Waals surface area contributed by atoms with Crippen molar-refractivity contribution in [3.63, 3.8) is 0 Å². The second-order valence-electron chi connectivity index (χ2n) is 6.41. The van der Waals surface area contributed by atoms with Gasteiger partial charge in [-0.15, -0.1) is 0 Å². The summed E-state index contributed by atoms with van der Waals surface area (Å²) in [4.78, 5) is 20.8. The number of hydrogen-bond donors (Lipinski definition) is 1. The van der Waals surface area contributed by atoms with Crippen molar-refractivity contribution < 1.29 is 36.9 Å². The van der Waals surface area contributed by atoms with Gasteiger partial charge in [0.15, 0.2) is 11.5 Å². The molecule has 0 fully saturated rings. The Hall–Kier alpha value is -3.89. The number of nitrogens with zero attached hydrogens (tertiary/aromatic N) is 3. The van der Waals surface area contributed by atoms with Crippen LogP contribution in [0, 0.1) is 0 Å². The Morgan fingerprint density at radius 2 is 1.59 bits per heavy atom. The fourth-order valence-corrected chi connectivity index (χ4v) is 2.92. The first-order chi connectivity index (χ1) is 15.3. The van der Waals surface area contributed by atoms with Crippen molar-refractivity contribution in [3.8, 4) is 11.5 Å². The lowest BCUT2D eigenvalue weighted by atomic mass is 10.1. The number of carboxylic acids is 1. The van der Waals surface area contributed by atoms with E-state index >= 15 is 0 Å². The number of alkyl halides is 4. The maximum Gasteiger partial charge on any atom is 0.387 e. The van der Waals surface area contributed by atoms with Gasteiger partial charge >= 0.3 is 19.2 Å². The number of halogens is 4. The summed E-state index contributed by atoms with van der Waals surface area (Å²) >= 11 is 0. The molecule has 1 N–H and O–H groups in total. The van der Waals surface area contributed by atoms with E-state index in [0.29, 0.717) is 22.6 Å². The molecule has 0 saturated heterocycles. The summed E-state index contributed by atoms with van der Waals surface area (Å²) in [6, 6.07) is 10.2. The third-order valence-corrected chi connectivity index (χ3v) is 4.21. The molecule has 0 radical (unpaired) electrons. The van der Waals surface area contributed by atoms with Crippen LogP contribution >= 0.6 is 0 Å². The van der Waals surface area contributed by atoms with E-state index in [4.69, 9.17) is 5.11 Å². The zero-order valence-corrected chi connectivity index (χ0v) is 16.4. The van der Waals surface area contributed by atoms with Crippen LogP contribution in [0.3, 0.4) is 0 Å². The van der Waals surface area contributed by atoms with E-state index in [2.05, 4.69) is 19.4 Å². The first kappa shape index (κ1) is 22.8. The molecule has 0 spiro atoms. The summed E-state index contributed by atoms with van der Waals surface area (Å²) in [5, 5.41) is 8.94. The van der Waals surface area contributed by atoms with Crippen LogP contribution in [0.15, 0.2) is 61.1 Å². The monoisotopic (exact) mass is 451 g/mol. The van der Waals surface area contributed by atoms with Crippen molar-refractivity contribution in [3.05, 3.63) is 72.3 Å². The smallest absolute Gasteiger partial charge is 0.387 e. The molecule has 11 heteroatoms. The molecule has 7 nitrogen and oxygen atoms in total. The third kappa shape index (κ3) is 6.30. The van der Waals surface area contributed by atoms with Gasteiger partial charge in [-0.3, -0.25) is 14.8 Å². The number of carbonyl (C=O) groups is 1. The maximum atomic E-state index is 12.8. The molecule has 3 aromatic rings. The van der Waals surface area contributed by atoms with Gasteiger partial charge in [-0.05, 0) is 29.8 Å². The molecule has 0 saturated carbocycles. The zero-order valence-electron chi connectivity index (χ0n) is 16.4. The van der Waals surface area contributed by atoms with Crippen molar-refractivity contribution in [1.29, 1.82) is 0 Å². The zero-order chi connectivity index (χ0) is 23.1. The molecule has 0 atom stereocenters. The van der Waals surface area contributed by atoms with Gasteiger partial charge in [0.05, 0.1) is 24.9 Å². The van der Waals surface area contributed by atoms with Crippen LogP contribution in [0.2, 0.25) is 0 Å². The Morgan fingerprint density at radius 1 is 0.938 bits per heavy atom. The van der Waals surface area contributed by atoms with Gasteiger partial charge in [0.25, 0.3) is 0 Å². The first-order valence-electron chi connectivity index (χ1n) is 9.18. The van der Waals surface area contributed by atoms with E-state index in [1.165, 1.54) is 24.7 Å². The minimum Gasteiger partial charge on any atom is -0.481 e. The second kappa shape index (κ2) is 10.4. The highest BCUT2D eigenvalue weighted by molar-refractivity contribution is 5.71. The number of ether oxygens (including phenoxy) is 2. The summed E-state index contributed by atoms with van der Waals surface area (Å²) in [6.45, 7) is -6.33. The predicted molar refractivity (Wildman–Crippen MR) is 105 cm³/mol. The predicted octanol–water partition coefficient (Wildman–Crippen LogP) is 4.64. The third-order valence-electron chi connectivity index (χ3n) is 4.21. The van der Waals surface area contributed by atoms with Crippen molar-refractivity contribution >= 4 is 17.3 Å². The standard InChI is InChI=1S/C21H17F4N3O4/c22-20(23)31-17-6-5-16(10-18(17)32-21(24)25)28(12-14-11-26-7-8-27-14)15-3-1-13(2-4-15)9-19(29)30/h1-8,10-11,20-21H,9,12H2,(H,29,30). The molecule has 0 amide bonds. The van der Waals surface area contributed by atoms with Crippen molar-refractivity contribution in [2.24, 2.45) is 0 Å². The molecule has 0 aliphatic rings. The molecule has 3 rings (SSSR count). The topological polar surface area (TPSA) is 84.8 Å². The maximum absolute atomic E-state index is 12.8. The Kier molecular flexibility index (Phi) is 7.42. The molecule has 2 aromatic carbocycles. The van der Waals surface area contributed by atoms with Crippen LogP contribution in [-0.4, -0.2) is 34.3 Å². The van der Waals surface area contributed by atoms with Gasteiger partial charge < -0.3 is 19.5 Å². The Bertz CT molecular complexity index is 1040. The number of hydrogen-bond acceptors (Lipinski definition) is 6. The van der Waals surface area contributed by atoms with Gasteiger partial charge in [0.2, 0.25) is 0 Å². The molecule has 168 valence electrons. The fourth-order valence-electron chi connectivity index (χ4n) is 2.92. The van der Waals surface area contributed by atoms with E-state index in [1.807, 2.05) is 0 Å². The number of rotatable bonds is 10. The van der Waals surface area contributed by atoms with Crippen LogP contribution in [-0.2, 0) is 17.8 Å². The van der Waals surface area contributed by atoms with Gasteiger partial charge in [0, 0.05) is 29.8 Å². The Morgan fingerprint density at radius 3 is 2.19 bits per heavy atom. The fraction of sp³-hybridized carbons (Fsp3) is 0.190. The van der Waals surface area contributed by atoms with Crippen molar-refractivity contribution in [2.75, 3.05) is 4.90 Å². The molecule has 0 bridgehead atoms. The first-order valence-corrected chi connectivity index (χ1v) is 9.18. The summed E-state index contributed by atoms with van der Waals surface area (Å²) in [7, 11) is 0. The molecule has 0 aliphatic heterocycles. The highest BCUT2D eigenvalue weighted by Gasteiger charge is 2.19. The average molecular weight is 451 g/mol. The van der Waals surface area contributed by atoms with Gasteiger partial charge in [-0.25, -0.2) is 0 Å². The molecule has 0 aliphatic carbocycles. The van der Waals surface area contributed by atoms with Crippen LogP contribution in [0.1, 0.15) is 11.3 Å². The highest BCUT2D eigenvalue weighted by Crippen LogP contribution is 2.37. The largest absolute Gasteiger partial charge is 0.481 e. The number of carboxylic acid groups (broad SMARTS) is 1. The van der Waals surface area contributed by atoms with E-state index in [9.17, 15) is 22.4 Å². The van der Waals surface area contributed by atoms with Gasteiger partial charge in [0.1, 0.15) is 0 Å². The number of benzene rings is 2. The minimum atomic E-state index is -3.26. The lowest BCUT2D eigenvalue weighted by Crippen LogP contribution is -2.18. The molecule has 32 heavy (non-hydrogen) atoms. The average Bonchev–Trinajstić information content (AvgIpc) is 2.74. The molecule has 1 heterocycles. The number of aliphatic carboxylic acids is 1. The highest BCUT2D eigenvalue weighted by atomic mass is 19.3. The summed E-state index contributed by atoms with van der Waals surface area (Å²) < 4.78 is 59.6. The molecular formula is C21H17F4N3O4. The summed E-state index contributed by atoms with van der Waals surface area (Å²) in [5.74, 6) is -2.10. The van der Waals surface area contributed by atoms with E-state index in [-0.39, 0.29) is 13.0 Å². The quantitative estimate of drug-likeness (QED) is 0.450. The van der Waals surface area contributed by atoms with Crippen molar-refractivity contribution in [1.82, 2.24) is 9.97 Å². The molecule has 0 unspecified atom stereocenters. The van der Waals surface area contributed by atoms with Gasteiger partial charge in [-0.2, -0.15) is 17.6 Å².